The Balaban J connectivity index is 1.53. The quantitative estimate of drug-likeness (QED) is 0.742. The minimum atomic E-state index is -4.02. The molecule has 0 radical (unpaired) electrons. The zero-order valence-corrected chi connectivity index (χ0v) is 18.5. The first-order chi connectivity index (χ1) is 15.4. The maximum atomic E-state index is 14.4. The van der Waals surface area contributed by atoms with Crippen molar-refractivity contribution in [1.29, 1.82) is 0 Å². The number of likely N-dealkylation sites (tertiary alicyclic amines) is 1. The predicted octanol–water partition coefficient (Wildman–Crippen LogP) is 3.49. The van der Waals surface area contributed by atoms with Gasteiger partial charge in [0, 0.05) is 43.0 Å². The van der Waals surface area contributed by atoms with Crippen molar-refractivity contribution < 1.29 is 22.4 Å². The van der Waals surface area contributed by atoms with Crippen LogP contribution in [-0.4, -0.2) is 55.6 Å². The maximum Gasteiger partial charge on any atom is 0.255 e. The Labute approximate surface area is 187 Å². The van der Waals surface area contributed by atoms with Crippen molar-refractivity contribution in [3.63, 3.8) is 0 Å². The number of anilines is 1. The minimum absolute atomic E-state index is 0.0262. The van der Waals surface area contributed by atoms with Gasteiger partial charge in [-0.1, -0.05) is 12.5 Å². The van der Waals surface area contributed by atoms with Crippen molar-refractivity contribution >= 4 is 27.5 Å². The molecular formula is C23H26FN3O4S. The summed E-state index contributed by atoms with van der Waals surface area (Å²) in [6, 6.07) is 9.93. The molecule has 2 heterocycles. The smallest absolute Gasteiger partial charge is 0.255 e. The van der Waals surface area contributed by atoms with Crippen LogP contribution in [-0.2, 0) is 10.0 Å². The number of carbonyl (C=O) groups excluding carboxylic acids is 2. The highest BCUT2D eigenvalue weighted by atomic mass is 32.2. The molecule has 0 atom stereocenters. The van der Waals surface area contributed by atoms with Crippen LogP contribution in [0.1, 0.15) is 52.8 Å². The molecule has 0 aliphatic carbocycles. The number of hydrogen-bond donors (Lipinski definition) is 1. The highest BCUT2D eigenvalue weighted by Crippen LogP contribution is 2.25. The van der Waals surface area contributed by atoms with E-state index in [0.29, 0.717) is 24.3 Å². The van der Waals surface area contributed by atoms with Crippen LogP contribution in [0, 0.1) is 5.82 Å². The Kier molecular flexibility index (Phi) is 6.57. The van der Waals surface area contributed by atoms with E-state index >= 15 is 0 Å². The molecule has 7 nitrogen and oxygen atoms in total. The SMILES string of the molecule is O=C(Nc1cccc(C(=O)N2CCCC2)c1)c1ccc(F)c(S(=O)(=O)N2CCCCC2)c1. The predicted molar refractivity (Wildman–Crippen MR) is 119 cm³/mol. The topological polar surface area (TPSA) is 86.8 Å². The lowest BCUT2D eigenvalue weighted by Crippen LogP contribution is -2.36. The van der Waals surface area contributed by atoms with Crippen molar-refractivity contribution in [3.8, 4) is 0 Å². The van der Waals surface area contributed by atoms with E-state index in [1.165, 1.54) is 10.4 Å². The second-order valence-electron chi connectivity index (χ2n) is 8.14. The first-order valence-corrected chi connectivity index (χ1v) is 12.3. The lowest BCUT2D eigenvalue weighted by atomic mass is 10.1. The van der Waals surface area contributed by atoms with Crippen molar-refractivity contribution in [3.05, 3.63) is 59.4 Å². The number of benzene rings is 2. The third kappa shape index (κ3) is 4.68. The fraction of sp³-hybridized carbons (Fsp3) is 0.391. The molecule has 170 valence electrons. The summed E-state index contributed by atoms with van der Waals surface area (Å²) in [6.45, 7) is 2.13. The van der Waals surface area contributed by atoms with Gasteiger partial charge in [0.05, 0.1) is 0 Å². The number of nitrogens with one attached hydrogen (secondary N) is 1. The molecule has 2 aromatic rings. The van der Waals surface area contributed by atoms with Crippen LogP contribution >= 0.6 is 0 Å². The molecule has 9 heteroatoms. The number of nitrogens with zero attached hydrogens (tertiary/aromatic N) is 2. The third-order valence-electron chi connectivity index (χ3n) is 5.89. The van der Waals surface area contributed by atoms with E-state index in [-0.39, 0.29) is 11.5 Å². The minimum Gasteiger partial charge on any atom is -0.339 e. The second-order valence-corrected chi connectivity index (χ2v) is 10.1. The van der Waals surface area contributed by atoms with Crippen molar-refractivity contribution in [1.82, 2.24) is 9.21 Å². The van der Waals surface area contributed by atoms with Crippen molar-refractivity contribution in [2.24, 2.45) is 0 Å². The molecule has 2 aliphatic heterocycles. The van der Waals surface area contributed by atoms with Crippen LogP contribution in [0.3, 0.4) is 0 Å². The number of carbonyl (C=O) groups is 2. The molecule has 32 heavy (non-hydrogen) atoms. The van der Waals surface area contributed by atoms with E-state index in [9.17, 15) is 22.4 Å². The van der Waals surface area contributed by atoms with Gasteiger partial charge in [0.2, 0.25) is 10.0 Å². The molecular weight excluding hydrogens is 433 g/mol. The number of rotatable bonds is 5. The van der Waals surface area contributed by atoms with Crippen LogP contribution in [0.25, 0.3) is 0 Å². The summed E-state index contributed by atoms with van der Waals surface area (Å²) in [6.07, 6.45) is 4.36. The van der Waals surface area contributed by atoms with Gasteiger partial charge in [-0.05, 0) is 62.1 Å². The summed E-state index contributed by atoms with van der Waals surface area (Å²) >= 11 is 0. The molecule has 2 amide bonds. The third-order valence-corrected chi connectivity index (χ3v) is 7.80. The standard InChI is InChI=1S/C23H26FN3O4S/c24-20-10-9-17(16-21(20)32(30,31)27-13-2-1-3-14-27)22(28)25-19-8-6-7-18(15-19)23(29)26-11-4-5-12-26/h6-10,15-16H,1-5,11-14H2,(H,25,28). The van der Waals surface area contributed by atoms with Gasteiger partial charge in [0.1, 0.15) is 10.7 Å². The van der Waals surface area contributed by atoms with E-state index in [1.54, 1.807) is 29.2 Å². The fourth-order valence-electron chi connectivity index (χ4n) is 4.12. The maximum absolute atomic E-state index is 14.4. The zero-order valence-electron chi connectivity index (χ0n) is 17.7. The average molecular weight is 460 g/mol. The summed E-state index contributed by atoms with van der Waals surface area (Å²) < 4.78 is 41.5. The van der Waals surface area contributed by atoms with E-state index in [4.69, 9.17) is 0 Å². The molecule has 1 N–H and O–H groups in total. The molecule has 2 fully saturated rings. The van der Waals surface area contributed by atoms with E-state index < -0.39 is 26.6 Å². The number of hydrogen-bond acceptors (Lipinski definition) is 4. The van der Waals surface area contributed by atoms with E-state index in [1.807, 2.05) is 0 Å². The molecule has 0 unspecified atom stereocenters. The number of sulfonamides is 1. The zero-order chi connectivity index (χ0) is 22.7. The highest BCUT2D eigenvalue weighted by Gasteiger charge is 2.29. The Morgan fingerprint density at radius 2 is 1.53 bits per heavy atom. The normalized spacial score (nSPS) is 17.3. The molecule has 4 rings (SSSR count). The van der Waals surface area contributed by atoms with Crippen molar-refractivity contribution in [2.45, 2.75) is 37.0 Å². The number of halogens is 1. The van der Waals surface area contributed by atoms with Gasteiger partial charge in [0.15, 0.2) is 0 Å². The Bertz CT molecular complexity index is 1120. The van der Waals surface area contributed by atoms with Crippen LogP contribution in [0.4, 0.5) is 10.1 Å². The van der Waals surface area contributed by atoms with Crippen LogP contribution < -0.4 is 5.32 Å². The molecule has 0 bridgehead atoms. The van der Waals surface area contributed by atoms with Gasteiger partial charge < -0.3 is 10.2 Å². The Morgan fingerprint density at radius 3 is 2.25 bits per heavy atom. The van der Waals surface area contributed by atoms with Gasteiger partial charge in [-0.25, -0.2) is 12.8 Å². The van der Waals surface area contributed by atoms with E-state index in [0.717, 1.165) is 57.3 Å². The molecule has 2 aliphatic rings. The fourth-order valence-corrected chi connectivity index (χ4v) is 5.73. The van der Waals surface area contributed by atoms with Gasteiger partial charge in [-0.2, -0.15) is 4.31 Å². The average Bonchev–Trinajstić information content (AvgIpc) is 3.34. The second kappa shape index (κ2) is 9.38. The van der Waals surface area contributed by atoms with Crippen LogP contribution in [0.5, 0.6) is 0 Å². The molecule has 0 saturated carbocycles. The summed E-state index contributed by atoms with van der Waals surface area (Å²) in [7, 11) is -4.02. The Morgan fingerprint density at radius 1 is 0.844 bits per heavy atom. The lowest BCUT2D eigenvalue weighted by Gasteiger charge is -2.26. The van der Waals surface area contributed by atoms with Crippen LogP contribution in [0.2, 0.25) is 0 Å². The lowest BCUT2D eigenvalue weighted by molar-refractivity contribution is 0.0792. The van der Waals surface area contributed by atoms with Crippen molar-refractivity contribution in [2.75, 3.05) is 31.5 Å². The highest BCUT2D eigenvalue weighted by molar-refractivity contribution is 7.89. The summed E-state index contributed by atoms with van der Waals surface area (Å²) in [5, 5.41) is 2.68. The molecule has 2 saturated heterocycles. The van der Waals surface area contributed by atoms with Gasteiger partial charge >= 0.3 is 0 Å². The van der Waals surface area contributed by atoms with Gasteiger partial charge in [-0.3, -0.25) is 9.59 Å². The van der Waals surface area contributed by atoms with E-state index in [2.05, 4.69) is 5.32 Å². The molecule has 2 aromatic carbocycles. The monoisotopic (exact) mass is 459 g/mol. The first kappa shape index (κ1) is 22.4. The number of amides is 2. The largest absolute Gasteiger partial charge is 0.339 e. The first-order valence-electron chi connectivity index (χ1n) is 10.9. The Hall–Kier alpha value is -2.78. The molecule has 0 spiro atoms. The van der Waals surface area contributed by atoms with Gasteiger partial charge in [-0.15, -0.1) is 0 Å². The number of piperidine rings is 1. The van der Waals surface area contributed by atoms with Gasteiger partial charge in [0.25, 0.3) is 11.8 Å². The summed E-state index contributed by atoms with van der Waals surface area (Å²) in [5.74, 6) is -1.55. The summed E-state index contributed by atoms with van der Waals surface area (Å²) in [5.41, 5.74) is 0.903. The summed E-state index contributed by atoms with van der Waals surface area (Å²) in [4.78, 5) is 26.7. The molecule has 0 aromatic heterocycles. The van der Waals surface area contributed by atoms with Crippen LogP contribution in [0.15, 0.2) is 47.4 Å².